The maximum atomic E-state index is 12.6. The van der Waals surface area contributed by atoms with E-state index in [-0.39, 0.29) is 5.41 Å². The van der Waals surface area contributed by atoms with Crippen molar-refractivity contribution in [2.45, 2.75) is 44.4 Å². The van der Waals surface area contributed by atoms with E-state index in [9.17, 15) is 4.79 Å². The number of hydrogen-bond acceptors (Lipinski definition) is 2. The number of carbonyl (C=O) groups excluding carboxylic acids is 1. The summed E-state index contributed by atoms with van der Waals surface area (Å²) >= 11 is 0. The van der Waals surface area contributed by atoms with Crippen molar-refractivity contribution in [2.75, 3.05) is 13.1 Å². The monoisotopic (exact) mass is 257 g/mol. The van der Waals surface area contributed by atoms with Gasteiger partial charge in [0, 0.05) is 11.5 Å². The highest BCUT2D eigenvalue weighted by molar-refractivity contribution is 6.00. The second-order valence-corrected chi connectivity index (χ2v) is 6.35. The van der Waals surface area contributed by atoms with Gasteiger partial charge < -0.3 is 5.32 Å². The van der Waals surface area contributed by atoms with E-state index in [0.29, 0.717) is 11.7 Å². The number of ketones is 1. The first-order valence-electron chi connectivity index (χ1n) is 7.55. The average Bonchev–Trinajstić information content (AvgIpc) is 2.37. The number of hydrogen-bond donors (Lipinski definition) is 1. The molecule has 0 amide bonds. The second kappa shape index (κ2) is 5.09. The van der Waals surface area contributed by atoms with Gasteiger partial charge in [-0.1, -0.05) is 37.6 Å². The first kappa shape index (κ1) is 12.9. The van der Waals surface area contributed by atoms with E-state index in [1.54, 1.807) is 0 Å². The van der Waals surface area contributed by atoms with E-state index < -0.39 is 0 Å². The lowest BCUT2D eigenvalue weighted by Gasteiger charge is -2.36. The molecular weight excluding hydrogens is 234 g/mol. The Kier molecular flexibility index (Phi) is 3.44. The van der Waals surface area contributed by atoms with Gasteiger partial charge in [-0.05, 0) is 49.8 Å². The fourth-order valence-electron chi connectivity index (χ4n) is 3.36. The van der Waals surface area contributed by atoms with Crippen molar-refractivity contribution in [1.82, 2.24) is 5.32 Å². The summed E-state index contributed by atoms with van der Waals surface area (Å²) in [5.74, 6) is 0.688. The Balaban J connectivity index is 1.94. The molecule has 19 heavy (non-hydrogen) atoms. The third-order valence-electron chi connectivity index (χ3n) is 5.03. The minimum Gasteiger partial charge on any atom is -0.317 e. The van der Waals surface area contributed by atoms with Crippen LogP contribution in [0.5, 0.6) is 0 Å². The molecular formula is C17H23NO. The number of benzene rings is 1. The smallest absolute Gasteiger partial charge is 0.166 e. The summed E-state index contributed by atoms with van der Waals surface area (Å²) in [6, 6.07) is 8.32. The zero-order valence-corrected chi connectivity index (χ0v) is 11.7. The Hall–Kier alpha value is -1.15. The van der Waals surface area contributed by atoms with Gasteiger partial charge in [0.15, 0.2) is 5.78 Å². The van der Waals surface area contributed by atoms with E-state index in [2.05, 4.69) is 24.4 Å². The summed E-state index contributed by atoms with van der Waals surface area (Å²) in [7, 11) is 0. The molecule has 2 aliphatic rings. The van der Waals surface area contributed by atoms with E-state index in [0.717, 1.165) is 44.3 Å². The predicted octanol–water partition coefficient (Wildman–Crippen LogP) is 3.31. The number of nitrogens with one attached hydrogen (secondary N) is 1. The Bertz CT molecular complexity index is 470. The molecule has 0 bridgehead atoms. The van der Waals surface area contributed by atoms with Gasteiger partial charge in [-0.2, -0.15) is 0 Å². The number of rotatable bonds is 3. The van der Waals surface area contributed by atoms with Crippen molar-refractivity contribution in [3.63, 3.8) is 0 Å². The van der Waals surface area contributed by atoms with Gasteiger partial charge in [0.25, 0.3) is 0 Å². The van der Waals surface area contributed by atoms with E-state index in [1.807, 2.05) is 12.1 Å². The Morgan fingerprint density at radius 1 is 1.21 bits per heavy atom. The molecule has 0 aromatic heterocycles. The average molecular weight is 257 g/mol. The molecule has 1 aliphatic carbocycles. The van der Waals surface area contributed by atoms with Crippen molar-refractivity contribution in [2.24, 2.45) is 5.92 Å². The molecule has 1 aromatic rings. The molecule has 1 aromatic carbocycles. The molecule has 2 nitrogen and oxygen atoms in total. The van der Waals surface area contributed by atoms with Crippen molar-refractivity contribution < 1.29 is 4.79 Å². The molecule has 0 radical (unpaired) electrons. The summed E-state index contributed by atoms with van der Waals surface area (Å²) in [6.45, 7) is 4.44. The lowest BCUT2D eigenvalue weighted by Crippen LogP contribution is -2.39. The molecule has 1 aliphatic heterocycles. The van der Waals surface area contributed by atoms with Crippen molar-refractivity contribution in [1.29, 1.82) is 0 Å². The van der Waals surface area contributed by atoms with E-state index >= 15 is 0 Å². The Morgan fingerprint density at radius 2 is 1.89 bits per heavy atom. The quantitative estimate of drug-likeness (QED) is 0.842. The van der Waals surface area contributed by atoms with Crippen LogP contribution in [0.3, 0.4) is 0 Å². The highest BCUT2D eigenvalue weighted by Gasteiger charge is 2.34. The highest BCUT2D eigenvalue weighted by Crippen LogP contribution is 2.38. The molecule has 102 valence electrons. The Labute approximate surface area is 115 Å². The third kappa shape index (κ3) is 2.34. The van der Waals surface area contributed by atoms with Crippen LogP contribution in [-0.4, -0.2) is 18.9 Å². The number of piperidine rings is 1. The first-order chi connectivity index (χ1) is 9.21. The molecule has 1 saturated heterocycles. The van der Waals surface area contributed by atoms with Gasteiger partial charge in [-0.25, -0.2) is 0 Å². The standard InChI is InChI=1S/C17H23NO/c1-17(9-11-18-12-10-17)15-8-3-2-7-14(15)16(19)13-5-4-6-13/h2-3,7-8,13,18H,4-6,9-12H2,1H3. The first-order valence-corrected chi connectivity index (χ1v) is 7.55. The molecule has 0 unspecified atom stereocenters. The zero-order valence-electron chi connectivity index (χ0n) is 11.7. The van der Waals surface area contributed by atoms with Gasteiger partial charge in [0.05, 0.1) is 0 Å². The van der Waals surface area contributed by atoms with Crippen LogP contribution >= 0.6 is 0 Å². The summed E-state index contributed by atoms with van der Waals surface area (Å²) < 4.78 is 0. The van der Waals surface area contributed by atoms with Gasteiger partial charge in [-0.3, -0.25) is 4.79 Å². The normalized spacial score (nSPS) is 22.8. The minimum atomic E-state index is 0.168. The molecule has 3 rings (SSSR count). The van der Waals surface area contributed by atoms with Crippen molar-refractivity contribution in [3.8, 4) is 0 Å². The van der Waals surface area contributed by atoms with Crippen molar-refractivity contribution >= 4 is 5.78 Å². The van der Waals surface area contributed by atoms with Gasteiger partial charge >= 0.3 is 0 Å². The summed E-state index contributed by atoms with van der Waals surface area (Å²) in [5, 5.41) is 3.42. The number of carbonyl (C=O) groups is 1. The lowest BCUT2D eigenvalue weighted by molar-refractivity contribution is 0.0852. The lowest BCUT2D eigenvalue weighted by atomic mass is 9.70. The molecule has 1 saturated carbocycles. The van der Waals surface area contributed by atoms with Crippen molar-refractivity contribution in [3.05, 3.63) is 35.4 Å². The predicted molar refractivity (Wildman–Crippen MR) is 77.6 cm³/mol. The van der Waals surface area contributed by atoms with Gasteiger partial charge in [-0.15, -0.1) is 0 Å². The summed E-state index contributed by atoms with van der Waals surface area (Å²) in [6.07, 6.45) is 5.65. The van der Waals surface area contributed by atoms with Gasteiger partial charge in [0.1, 0.15) is 0 Å². The Morgan fingerprint density at radius 3 is 2.53 bits per heavy atom. The van der Waals surface area contributed by atoms with Crippen LogP contribution in [0.25, 0.3) is 0 Å². The molecule has 0 atom stereocenters. The minimum absolute atomic E-state index is 0.168. The second-order valence-electron chi connectivity index (χ2n) is 6.35. The third-order valence-corrected chi connectivity index (χ3v) is 5.03. The largest absolute Gasteiger partial charge is 0.317 e. The maximum absolute atomic E-state index is 12.6. The van der Waals surface area contributed by atoms with Crippen LogP contribution < -0.4 is 5.32 Å². The van der Waals surface area contributed by atoms with Crippen LogP contribution in [-0.2, 0) is 5.41 Å². The van der Waals surface area contributed by atoms with Crippen LogP contribution in [0.15, 0.2) is 24.3 Å². The molecule has 2 fully saturated rings. The topological polar surface area (TPSA) is 29.1 Å². The fourth-order valence-corrected chi connectivity index (χ4v) is 3.36. The van der Waals surface area contributed by atoms with Crippen LogP contribution in [0, 0.1) is 5.92 Å². The number of Topliss-reactive ketones (excluding diaryl/α,β-unsaturated/α-hetero) is 1. The summed E-state index contributed by atoms with van der Waals surface area (Å²) in [4.78, 5) is 12.6. The zero-order chi connectivity index (χ0) is 13.3. The summed E-state index contributed by atoms with van der Waals surface area (Å²) in [5.41, 5.74) is 2.45. The van der Waals surface area contributed by atoms with Crippen LogP contribution in [0.4, 0.5) is 0 Å². The molecule has 0 spiro atoms. The fraction of sp³-hybridized carbons (Fsp3) is 0.588. The van der Waals surface area contributed by atoms with Gasteiger partial charge in [0.2, 0.25) is 0 Å². The van der Waals surface area contributed by atoms with E-state index in [4.69, 9.17) is 0 Å². The molecule has 2 heteroatoms. The molecule has 1 N–H and O–H groups in total. The van der Waals surface area contributed by atoms with E-state index in [1.165, 1.54) is 12.0 Å². The maximum Gasteiger partial charge on any atom is 0.166 e. The SMILES string of the molecule is CC1(c2ccccc2C(=O)C2CCC2)CCNCC1. The molecule has 1 heterocycles. The highest BCUT2D eigenvalue weighted by atomic mass is 16.1. The van der Waals surface area contributed by atoms with Crippen LogP contribution in [0.2, 0.25) is 0 Å². The van der Waals surface area contributed by atoms with Crippen LogP contribution in [0.1, 0.15) is 54.9 Å².